The molecule has 118 valence electrons. The number of nitrogens with one attached hydrogen (secondary N) is 1. The summed E-state index contributed by atoms with van der Waals surface area (Å²) in [5, 5.41) is 11.2. The largest absolute Gasteiger partial charge is 0.480 e. The fourth-order valence-corrected chi connectivity index (χ4v) is 1.78. The van der Waals surface area contributed by atoms with Crippen LogP contribution in [0.4, 0.5) is 4.79 Å². The maximum atomic E-state index is 11.5. The fraction of sp³-hybridized carbons (Fsp3) is 0.375. The van der Waals surface area contributed by atoms with Gasteiger partial charge in [0.2, 0.25) is 0 Å². The topological polar surface area (TPSA) is 102 Å². The van der Waals surface area contributed by atoms with Gasteiger partial charge < -0.3 is 20.9 Å². The first kappa shape index (κ1) is 17.5. The van der Waals surface area contributed by atoms with E-state index in [1.54, 1.807) is 12.1 Å². The molecule has 1 amide bonds. The average molecular weight is 304 g/mol. The summed E-state index contributed by atoms with van der Waals surface area (Å²) in [4.78, 5) is 22.0. The van der Waals surface area contributed by atoms with Crippen LogP contribution in [0.5, 0.6) is 0 Å². The lowest BCUT2D eigenvalue weighted by Gasteiger charge is -2.09. The minimum atomic E-state index is -1.01. The number of benzene rings is 1. The molecule has 0 aromatic heterocycles. The number of aliphatic carboxylic acids is 1. The van der Waals surface area contributed by atoms with E-state index in [1.807, 2.05) is 12.1 Å². The molecule has 0 aliphatic heterocycles. The third-order valence-electron chi connectivity index (χ3n) is 3.06. The van der Waals surface area contributed by atoms with E-state index in [4.69, 9.17) is 22.0 Å². The van der Waals surface area contributed by atoms with E-state index in [-0.39, 0.29) is 6.61 Å². The first-order valence-electron chi connectivity index (χ1n) is 6.98. The van der Waals surface area contributed by atoms with Crippen LogP contribution in [0, 0.1) is 12.3 Å². The summed E-state index contributed by atoms with van der Waals surface area (Å²) in [6.45, 7) is 0.512. The number of amides is 1. The lowest BCUT2D eigenvalue weighted by molar-refractivity contribution is -0.138. The van der Waals surface area contributed by atoms with Gasteiger partial charge in [0.15, 0.2) is 0 Å². The van der Waals surface area contributed by atoms with Crippen molar-refractivity contribution in [2.75, 3.05) is 6.54 Å². The van der Waals surface area contributed by atoms with Crippen LogP contribution in [0.1, 0.15) is 30.4 Å². The van der Waals surface area contributed by atoms with Crippen LogP contribution >= 0.6 is 0 Å². The highest BCUT2D eigenvalue weighted by atomic mass is 16.5. The molecule has 1 unspecified atom stereocenters. The minimum absolute atomic E-state index is 0.107. The Morgan fingerprint density at radius 1 is 1.36 bits per heavy atom. The molecule has 0 heterocycles. The smallest absolute Gasteiger partial charge is 0.407 e. The van der Waals surface area contributed by atoms with Crippen LogP contribution in [-0.2, 0) is 16.1 Å². The van der Waals surface area contributed by atoms with Crippen molar-refractivity contribution < 1.29 is 19.4 Å². The van der Waals surface area contributed by atoms with Gasteiger partial charge in [0.05, 0.1) is 0 Å². The van der Waals surface area contributed by atoms with Gasteiger partial charge in [-0.3, -0.25) is 4.79 Å². The summed E-state index contributed by atoms with van der Waals surface area (Å²) in [5.41, 5.74) is 6.83. The quantitative estimate of drug-likeness (QED) is 0.499. The molecular formula is C16H20N2O4. The number of carbonyl (C=O) groups excluding carboxylic acids is 1. The van der Waals surface area contributed by atoms with Gasteiger partial charge in [-0.15, -0.1) is 6.42 Å². The van der Waals surface area contributed by atoms with E-state index in [1.165, 1.54) is 0 Å². The molecule has 0 fully saturated rings. The Kier molecular flexibility index (Phi) is 7.51. The highest BCUT2D eigenvalue weighted by Gasteiger charge is 2.10. The van der Waals surface area contributed by atoms with Crippen LogP contribution in [0.25, 0.3) is 0 Å². The van der Waals surface area contributed by atoms with Crippen molar-refractivity contribution in [3.05, 3.63) is 35.4 Å². The number of ether oxygens (including phenoxy) is 1. The van der Waals surface area contributed by atoms with Crippen molar-refractivity contribution in [3.8, 4) is 12.3 Å². The number of unbranched alkanes of at least 4 members (excludes halogenated alkanes) is 1. The lowest BCUT2D eigenvalue weighted by Crippen LogP contribution is -2.30. The van der Waals surface area contributed by atoms with E-state index in [0.717, 1.165) is 5.56 Å². The van der Waals surface area contributed by atoms with Gasteiger partial charge in [-0.25, -0.2) is 4.79 Å². The number of carbonyl (C=O) groups is 2. The standard InChI is InChI=1S/C16H20N2O4/c1-2-12-7-3-4-8-13(12)11-22-16(21)18-10-6-5-9-14(17)15(19)20/h1,3-4,7-8,14H,5-6,9-11,17H2,(H,18,21)(H,19,20). The van der Waals surface area contributed by atoms with E-state index >= 15 is 0 Å². The molecule has 1 aromatic rings. The summed E-state index contributed by atoms with van der Waals surface area (Å²) in [5.74, 6) is 1.51. The Hall–Kier alpha value is -2.52. The van der Waals surface area contributed by atoms with Gasteiger partial charge in [-0.1, -0.05) is 24.1 Å². The predicted octanol–water partition coefficient (Wildman–Crippen LogP) is 1.48. The maximum Gasteiger partial charge on any atom is 0.407 e. The third kappa shape index (κ3) is 6.29. The molecule has 1 atom stereocenters. The molecular weight excluding hydrogens is 284 g/mol. The Labute approximate surface area is 129 Å². The number of carboxylic acid groups (broad SMARTS) is 1. The van der Waals surface area contributed by atoms with Crippen molar-refractivity contribution in [1.29, 1.82) is 0 Å². The highest BCUT2D eigenvalue weighted by molar-refractivity contribution is 5.72. The van der Waals surface area contributed by atoms with Gasteiger partial charge in [-0.2, -0.15) is 0 Å². The van der Waals surface area contributed by atoms with Gasteiger partial charge in [0.25, 0.3) is 0 Å². The molecule has 1 rings (SSSR count). The van der Waals surface area contributed by atoms with E-state index in [0.29, 0.717) is 31.4 Å². The molecule has 1 aromatic carbocycles. The minimum Gasteiger partial charge on any atom is -0.480 e. The Morgan fingerprint density at radius 2 is 2.09 bits per heavy atom. The zero-order valence-electron chi connectivity index (χ0n) is 12.2. The molecule has 0 aliphatic carbocycles. The zero-order chi connectivity index (χ0) is 16.4. The number of hydrogen-bond acceptors (Lipinski definition) is 4. The molecule has 0 saturated carbocycles. The van der Waals surface area contributed by atoms with Crippen molar-refractivity contribution in [2.45, 2.75) is 31.9 Å². The predicted molar refractivity (Wildman–Crippen MR) is 82.0 cm³/mol. The molecule has 22 heavy (non-hydrogen) atoms. The molecule has 0 radical (unpaired) electrons. The van der Waals surface area contributed by atoms with E-state index < -0.39 is 18.1 Å². The first-order valence-corrected chi connectivity index (χ1v) is 6.98. The van der Waals surface area contributed by atoms with Crippen LogP contribution in [0.15, 0.2) is 24.3 Å². The van der Waals surface area contributed by atoms with Gasteiger partial charge in [0, 0.05) is 17.7 Å². The molecule has 0 aliphatic rings. The van der Waals surface area contributed by atoms with Gasteiger partial charge in [-0.05, 0) is 25.3 Å². The monoisotopic (exact) mass is 304 g/mol. The van der Waals surface area contributed by atoms with Gasteiger partial charge >= 0.3 is 12.1 Å². The molecule has 6 heteroatoms. The van der Waals surface area contributed by atoms with Crippen molar-refractivity contribution >= 4 is 12.1 Å². The average Bonchev–Trinajstić information content (AvgIpc) is 2.52. The maximum absolute atomic E-state index is 11.5. The number of alkyl carbamates (subject to hydrolysis) is 1. The second kappa shape index (κ2) is 9.42. The van der Waals surface area contributed by atoms with Crippen LogP contribution in [0.3, 0.4) is 0 Å². The number of hydrogen-bond donors (Lipinski definition) is 3. The van der Waals surface area contributed by atoms with Crippen molar-refractivity contribution in [3.63, 3.8) is 0 Å². The van der Waals surface area contributed by atoms with Crippen LogP contribution < -0.4 is 11.1 Å². The Bertz CT molecular complexity index is 551. The van der Waals surface area contributed by atoms with E-state index in [9.17, 15) is 9.59 Å². The normalized spacial score (nSPS) is 11.3. The summed E-state index contributed by atoms with van der Waals surface area (Å²) < 4.78 is 5.07. The molecule has 0 bridgehead atoms. The van der Waals surface area contributed by atoms with Crippen molar-refractivity contribution in [2.24, 2.45) is 5.73 Å². The molecule has 4 N–H and O–H groups in total. The van der Waals surface area contributed by atoms with Crippen molar-refractivity contribution in [1.82, 2.24) is 5.32 Å². The second-order valence-electron chi connectivity index (χ2n) is 4.74. The van der Waals surface area contributed by atoms with Crippen LogP contribution in [-0.4, -0.2) is 29.8 Å². The third-order valence-corrected chi connectivity index (χ3v) is 3.06. The first-order chi connectivity index (χ1) is 10.5. The lowest BCUT2D eigenvalue weighted by atomic mass is 10.1. The Morgan fingerprint density at radius 3 is 2.77 bits per heavy atom. The number of terminal acetylenes is 1. The highest BCUT2D eigenvalue weighted by Crippen LogP contribution is 2.08. The number of rotatable bonds is 8. The van der Waals surface area contributed by atoms with Gasteiger partial charge in [0.1, 0.15) is 12.6 Å². The summed E-state index contributed by atoms with van der Waals surface area (Å²) >= 11 is 0. The fourth-order valence-electron chi connectivity index (χ4n) is 1.78. The Balaban J connectivity index is 2.19. The number of carboxylic acids is 1. The number of nitrogens with two attached hydrogens (primary N) is 1. The molecule has 0 spiro atoms. The molecule has 0 saturated heterocycles. The SMILES string of the molecule is C#Cc1ccccc1COC(=O)NCCCCC(N)C(=O)O. The summed E-state index contributed by atoms with van der Waals surface area (Å²) in [7, 11) is 0. The van der Waals surface area contributed by atoms with Crippen LogP contribution in [0.2, 0.25) is 0 Å². The summed E-state index contributed by atoms with van der Waals surface area (Å²) in [6, 6.07) is 6.37. The zero-order valence-corrected chi connectivity index (χ0v) is 12.2. The summed E-state index contributed by atoms with van der Waals surface area (Å²) in [6.07, 6.45) is 6.46. The van der Waals surface area contributed by atoms with E-state index in [2.05, 4.69) is 11.2 Å². The molecule has 6 nitrogen and oxygen atoms in total. The second-order valence-corrected chi connectivity index (χ2v) is 4.74.